The third-order valence-corrected chi connectivity index (χ3v) is 7.77. The van der Waals surface area contributed by atoms with Crippen molar-refractivity contribution in [2.75, 3.05) is 7.11 Å². The van der Waals surface area contributed by atoms with E-state index in [2.05, 4.69) is 36.5 Å². The third-order valence-electron chi connectivity index (χ3n) is 7.77. The second-order valence-electron chi connectivity index (χ2n) is 10.6. The lowest BCUT2D eigenvalue weighted by Gasteiger charge is -2.33. The molecule has 0 radical (unpaired) electrons. The van der Waals surface area contributed by atoms with Crippen LogP contribution in [-0.2, 0) is 35.4 Å². The Balaban J connectivity index is 1.60. The maximum absolute atomic E-state index is 13.9. The number of carbonyl (C=O) groups is 2. The summed E-state index contributed by atoms with van der Waals surface area (Å²) in [6.45, 7) is 2.49. The molecule has 0 bridgehead atoms. The highest BCUT2D eigenvalue weighted by Gasteiger charge is 2.31. The Bertz CT molecular complexity index is 1190. The summed E-state index contributed by atoms with van der Waals surface area (Å²) in [5.41, 5.74) is 4.40. The van der Waals surface area contributed by atoms with Crippen LogP contribution in [-0.4, -0.2) is 35.9 Å². The highest BCUT2D eigenvalue weighted by Crippen LogP contribution is 2.22. The number of carbonyl (C=O) groups excluding carboxylic acids is 2. The second-order valence-corrected chi connectivity index (χ2v) is 10.6. The summed E-state index contributed by atoms with van der Waals surface area (Å²) in [5, 5.41) is 3.31. The number of hydrogen-bond acceptors (Lipinski definition) is 3. The number of aryl methyl sites for hydroxylation is 2. The minimum atomic E-state index is -0.601. The first-order chi connectivity index (χ1) is 19.1. The van der Waals surface area contributed by atoms with Crippen LogP contribution >= 0.6 is 0 Å². The van der Waals surface area contributed by atoms with Crippen molar-refractivity contribution in [3.8, 4) is 5.75 Å². The zero-order valence-corrected chi connectivity index (χ0v) is 23.4. The molecule has 39 heavy (non-hydrogen) atoms. The lowest BCUT2D eigenvalue weighted by atomic mass is 9.94. The van der Waals surface area contributed by atoms with E-state index in [1.54, 1.807) is 12.0 Å². The van der Waals surface area contributed by atoms with Gasteiger partial charge in [0.2, 0.25) is 11.8 Å². The quantitative estimate of drug-likeness (QED) is 0.302. The van der Waals surface area contributed by atoms with E-state index in [0.29, 0.717) is 25.8 Å². The Morgan fingerprint density at radius 2 is 1.56 bits per heavy atom. The maximum Gasteiger partial charge on any atom is 0.243 e. The SMILES string of the molecule is CCc1ccc(CCC(=O)N(Cc2cccc(OC)c2)[C@@H](Cc2ccccc2)C(=O)NC2CCCCC2)cc1. The van der Waals surface area contributed by atoms with Crippen LogP contribution in [0.1, 0.15) is 67.7 Å². The van der Waals surface area contributed by atoms with Crippen LogP contribution in [0.4, 0.5) is 0 Å². The van der Waals surface area contributed by atoms with Crippen molar-refractivity contribution < 1.29 is 14.3 Å². The van der Waals surface area contributed by atoms with Gasteiger partial charge in [0.25, 0.3) is 0 Å². The van der Waals surface area contributed by atoms with E-state index in [1.807, 2.05) is 54.6 Å². The molecule has 3 aromatic rings. The van der Waals surface area contributed by atoms with Crippen molar-refractivity contribution in [2.24, 2.45) is 0 Å². The van der Waals surface area contributed by atoms with Crippen LogP contribution in [0.25, 0.3) is 0 Å². The first-order valence-corrected chi connectivity index (χ1v) is 14.4. The Morgan fingerprint density at radius 1 is 0.872 bits per heavy atom. The molecule has 0 saturated heterocycles. The molecule has 5 heteroatoms. The van der Waals surface area contributed by atoms with Gasteiger partial charge in [-0.2, -0.15) is 0 Å². The van der Waals surface area contributed by atoms with Gasteiger partial charge >= 0.3 is 0 Å². The predicted octanol–water partition coefficient (Wildman–Crippen LogP) is 6.28. The van der Waals surface area contributed by atoms with Crippen LogP contribution in [0.5, 0.6) is 5.75 Å². The van der Waals surface area contributed by atoms with Gasteiger partial charge in [-0.1, -0.05) is 92.9 Å². The minimum absolute atomic E-state index is 0.0166. The second kappa shape index (κ2) is 14.5. The van der Waals surface area contributed by atoms with Gasteiger partial charge in [-0.05, 0) is 60.1 Å². The van der Waals surface area contributed by atoms with Crippen LogP contribution in [0.3, 0.4) is 0 Å². The molecule has 3 aromatic carbocycles. The molecular weight excluding hydrogens is 484 g/mol. The lowest BCUT2D eigenvalue weighted by molar-refractivity contribution is -0.141. The zero-order chi connectivity index (χ0) is 27.5. The number of methoxy groups -OCH3 is 1. The van der Waals surface area contributed by atoms with Gasteiger partial charge in [0.15, 0.2) is 0 Å². The highest BCUT2D eigenvalue weighted by molar-refractivity contribution is 5.88. The number of rotatable bonds is 12. The summed E-state index contributed by atoms with van der Waals surface area (Å²) < 4.78 is 5.44. The molecule has 1 aliphatic carbocycles. The fraction of sp³-hybridized carbons (Fsp3) is 0.412. The van der Waals surface area contributed by atoms with Gasteiger partial charge in [-0.3, -0.25) is 9.59 Å². The first-order valence-electron chi connectivity index (χ1n) is 14.4. The van der Waals surface area contributed by atoms with E-state index >= 15 is 0 Å². The number of ether oxygens (including phenoxy) is 1. The third kappa shape index (κ3) is 8.44. The molecule has 2 amide bonds. The lowest BCUT2D eigenvalue weighted by Crippen LogP contribution is -2.52. The summed E-state index contributed by atoms with van der Waals surface area (Å²) >= 11 is 0. The van der Waals surface area contributed by atoms with Crippen molar-refractivity contribution in [3.05, 3.63) is 101 Å². The van der Waals surface area contributed by atoms with Crippen LogP contribution in [0, 0.1) is 0 Å². The van der Waals surface area contributed by atoms with E-state index in [1.165, 1.54) is 12.0 Å². The summed E-state index contributed by atoms with van der Waals surface area (Å²) in [4.78, 5) is 29.6. The van der Waals surface area contributed by atoms with Crippen molar-refractivity contribution in [2.45, 2.75) is 83.3 Å². The van der Waals surface area contributed by atoms with E-state index in [9.17, 15) is 9.59 Å². The number of nitrogens with one attached hydrogen (secondary N) is 1. The fourth-order valence-corrected chi connectivity index (χ4v) is 5.40. The smallest absolute Gasteiger partial charge is 0.243 e. The van der Waals surface area contributed by atoms with Gasteiger partial charge in [-0.15, -0.1) is 0 Å². The molecule has 0 aromatic heterocycles. The van der Waals surface area contributed by atoms with E-state index in [4.69, 9.17) is 4.74 Å². The topological polar surface area (TPSA) is 58.6 Å². The van der Waals surface area contributed by atoms with Gasteiger partial charge in [0, 0.05) is 25.4 Å². The molecule has 0 unspecified atom stereocenters. The van der Waals surface area contributed by atoms with E-state index < -0.39 is 6.04 Å². The number of hydrogen-bond donors (Lipinski definition) is 1. The van der Waals surface area contributed by atoms with Crippen LogP contribution < -0.4 is 10.1 Å². The molecule has 1 N–H and O–H groups in total. The van der Waals surface area contributed by atoms with Crippen molar-refractivity contribution >= 4 is 11.8 Å². The van der Waals surface area contributed by atoms with Crippen LogP contribution in [0.15, 0.2) is 78.9 Å². The molecule has 206 valence electrons. The Hall–Kier alpha value is -3.60. The molecular formula is C34H42N2O3. The molecule has 1 aliphatic rings. The number of nitrogens with zero attached hydrogens (tertiary/aromatic N) is 1. The number of benzene rings is 3. The minimum Gasteiger partial charge on any atom is -0.497 e. The summed E-state index contributed by atoms with van der Waals surface area (Å²) in [6.07, 6.45) is 7.94. The molecule has 4 rings (SSSR count). The zero-order valence-electron chi connectivity index (χ0n) is 23.4. The predicted molar refractivity (Wildman–Crippen MR) is 157 cm³/mol. The highest BCUT2D eigenvalue weighted by atomic mass is 16.5. The van der Waals surface area contributed by atoms with Crippen LogP contribution in [0.2, 0.25) is 0 Å². The summed E-state index contributed by atoms with van der Waals surface area (Å²) in [5.74, 6) is 0.661. The van der Waals surface area contributed by atoms with E-state index in [-0.39, 0.29) is 17.9 Å². The Morgan fingerprint density at radius 3 is 2.26 bits per heavy atom. The Labute approximate surface area is 233 Å². The van der Waals surface area contributed by atoms with Gasteiger partial charge in [0.1, 0.15) is 11.8 Å². The average molecular weight is 527 g/mol. The fourth-order valence-electron chi connectivity index (χ4n) is 5.40. The van der Waals surface area contributed by atoms with Gasteiger partial charge < -0.3 is 15.0 Å². The van der Waals surface area contributed by atoms with Crippen molar-refractivity contribution in [1.29, 1.82) is 0 Å². The average Bonchev–Trinajstić information content (AvgIpc) is 2.99. The first kappa shape index (κ1) is 28.4. The summed E-state index contributed by atoms with van der Waals surface area (Å²) in [6, 6.07) is 25.8. The molecule has 1 fully saturated rings. The molecule has 0 spiro atoms. The van der Waals surface area contributed by atoms with Crippen molar-refractivity contribution in [1.82, 2.24) is 10.2 Å². The van der Waals surface area contributed by atoms with E-state index in [0.717, 1.165) is 54.5 Å². The summed E-state index contributed by atoms with van der Waals surface area (Å²) in [7, 11) is 1.64. The van der Waals surface area contributed by atoms with Gasteiger partial charge in [0.05, 0.1) is 7.11 Å². The number of amides is 2. The Kier molecular flexibility index (Phi) is 10.6. The molecule has 0 aliphatic heterocycles. The van der Waals surface area contributed by atoms with Crippen molar-refractivity contribution in [3.63, 3.8) is 0 Å². The monoisotopic (exact) mass is 526 g/mol. The normalized spacial score (nSPS) is 14.4. The molecule has 1 atom stereocenters. The standard InChI is InChI=1S/C34H42N2O3/c1-3-26-17-19-27(20-18-26)21-22-33(37)36(25-29-13-10-16-31(23-29)39-2)32(24-28-11-6-4-7-12-28)34(38)35-30-14-8-5-9-15-30/h4,6-7,10-13,16-20,23,30,32H,3,5,8-9,14-15,21-22,24-25H2,1-2H3,(H,35,38)/t32-/m0/s1. The molecule has 0 heterocycles. The maximum atomic E-state index is 13.9. The largest absolute Gasteiger partial charge is 0.497 e. The van der Waals surface area contributed by atoms with Gasteiger partial charge in [-0.25, -0.2) is 0 Å². The molecule has 1 saturated carbocycles. The molecule has 5 nitrogen and oxygen atoms in total.